The van der Waals surface area contributed by atoms with Crippen LogP contribution in [0.25, 0.3) is 0 Å². The van der Waals surface area contributed by atoms with E-state index in [-0.39, 0.29) is 19.3 Å². The van der Waals surface area contributed by atoms with Crippen molar-refractivity contribution in [1.82, 2.24) is 5.32 Å². The molecule has 1 unspecified atom stereocenters. The molecule has 0 spiro atoms. The van der Waals surface area contributed by atoms with Crippen LogP contribution in [0.15, 0.2) is 42.5 Å². The maximum atomic E-state index is 8.95. The van der Waals surface area contributed by atoms with Crippen molar-refractivity contribution in [3.8, 4) is 17.6 Å². The quantitative estimate of drug-likeness (QED) is 0.780. The van der Waals surface area contributed by atoms with E-state index in [1.807, 2.05) is 36.4 Å². The third kappa shape index (κ3) is 4.72. The molecule has 2 N–H and O–H groups in total. The van der Waals surface area contributed by atoms with Crippen molar-refractivity contribution in [3.05, 3.63) is 59.2 Å². The Labute approximate surface area is 142 Å². The van der Waals surface area contributed by atoms with Crippen LogP contribution in [0.4, 0.5) is 0 Å². The molecule has 0 fully saturated rings. The second-order valence-electron chi connectivity index (χ2n) is 5.40. The number of ether oxygens (including phenoxy) is 2. The van der Waals surface area contributed by atoms with Gasteiger partial charge in [-0.05, 0) is 42.3 Å². The zero-order valence-electron chi connectivity index (χ0n) is 14.0. The van der Waals surface area contributed by atoms with E-state index in [0.29, 0.717) is 23.6 Å². The third-order valence-electron chi connectivity index (χ3n) is 3.70. The molecule has 0 aliphatic carbocycles. The first-order valence-corrected chi connectivity index (χ1v) is 7.82. The fraction of sp³-hybridized carbons (Fsp3) is 0.316. The average Bonchev–Trinajstić information content (AvgIpc) is 2.64. The lowest BCUT2D eigenvalue weighted by Crippen LogP contribution is -2.18. The minimum atomic E-state index is -0.0371. The molecule has 0 bridgehead atoms. The number of methoxy groups -OCH3 is 1. The van der Waals surface area contributed by atoms with Crippen molar-refractivity contribution < 1.29 is 14.6 Å². The van der Waals surface area contributed by atoms with Crippen molar-refractivity contribution in [2.24, 2.45) is 0 Å². The highest BCUT2D eigenvalue weighted by Crippen LogP contribution is 2.30. The van der Waals surface area contributed by atoms with E-state index in [1.54, 1.807) is 13.2 Å². The summed E-state index contributed by atoms with van der Waals surface area (Å²) >= 11 is 0. The summed E-state index contributed by atoms with van der Waals surface area (Å²) in [5, 5.41) is 21.2. The highest BCUT2D eigenvalue weighted by molar-refractivity contribution is 5.43. The van der Waals surface area contributed by atoms with Crippen molar-refractivity contribution >= 4 is 0 Å². The molecule has 126 valence electrons. The highest BCUT2D eigenvalue weighted by Gasteiger charge is 2.10. The molecule has 0 heterocycles. The molecule has 2 aromatic rings. The molecule has 2 rings (SSSR count). The van der Waals surface area contributed by atoms with Gasteiger partial charge in [-0.2, -0.15) is 5.26 Å². The van der Waals surface area contributed by atoms with Gasteiger partial charge in [-0.25, -0.2) is 0 Å². The Bertz CT molecular complexity index is 710. The third-order valence-corrected chi connectivity index (χ3v) is 3.70. The molecule has 0 amide bonds. The lowest BCUT2D eigenvalue weighted by molar-refractivity contribution is 0.196. The fourth-order valence-corrected chi connectivity index (χ4v) is 2.37. The number of nitriles is 1. The molecule has 0 saturated carbocycles. The van der Waals surface area contributed by atoms with Gasteiger partial charge in [0.1, 0.15) is 6.61 Å². The van der Waals surface area contributed by atoms with Crippen LogP contribution in [0.5, 0.6) is 11.5 Å². The average molecular weight is 326 g/mol. The van der Waals surface area contributed by atoms with E-state index in [9.17, 15) is 0 Å². The SMILES string of the molecule is COc1cc(C(C)NCc2cccc(C#N)c2)ccc1OCCO. The van der Waals surface area contributed by atoms with Gasteiger partial charge >= 0.3 is 0 Å². The van der Waals surface area contributed by atoms with E-state index >= 15 is 0 Å². The summed E-state index contributed by atoms with van der Waals surface area (Å²) < 4.78 is 10.8. The summed E-state index contributed by atoms with van der Waals surface area (Å²) in [6.45, 7) is 2.93. The molecular weight excluding hydrogens is 304 g/mol. The fourth-order valence-electron chi connectivity index (χ4n) is 2.37. The molecule has 5 nitrogen and oxygen atoms in total. The van der Waals surface area contributed by atoms with Gasteiger partial charge in [-0.15, -0.1) is 0 Å². The van der Waals surface area contributed by atoms with E-state index < -0.39 is 0 Å². The van der Waals surface area contributed by atoms with Gasteiger partial charge in [0, 0.05) is 12.6 Å². The van der Waals surface area contributed by atoms with Gasteiger partial charge in [0.25, 0.3) is 0 Å². The summed E-state index contributed by atoms with van der Waals surface area (Å²) in [6, 6.07) is 15.6. The number of aliphatic hydroxyl groups excluding tert-OH is 1. The van der Waals surface area contributed by atoms with E-state index in [0.717, 1.165) is 11.1 Å². The molecule has 0 aromatic heterocycles. The lowest BCUT2D eigenvalue weighted by atomic mass is 10.1. The summed E-state index contributed by atoms with van der Waals surface area (Å²) in [4.78, 5) is 0. The van der Waals surface area contributed by atoms with Crippen LogP contribution < -0.4 is 14.8 Å². The van der Waals surface area contributed by atoms with Crippen LogP contribution in [0.1, 0.15) is 29.7 Å². The van der Waals surface area contributed by atoms with Crippen molar-refractivity contribution in [1.29, 1.82) is 5.26 Å². The predicted octanol–water partition coefficient (Wildman–Crippen LogP) is 2.79. The zero-order valence-corrected chi connectivity index (χ0v) is 14.0. The molecule has 0 saturated heterocycles. The first kappa shape index (κ1) is 17.8. The topological polar surface area (TPSA) is 74.5 Å². The van der Waals surface area contributed by atoms with Crippen LogP contribution in [0.3, 0.4) is 0 Å². The number of hydrogen-bond acceptors (Lipinski definition) is 5. The van der Waals surface area contributed by atoms with Gasteiger partial charge in [0.15, 0.2) is 11.5 Å². The first-order valence-electron chi connectivity index (χ1n) is 7.82. The molecule has 5 heteroatoms. The minimum absolute atomic E-state index is 0.0371. The summed E-state index contributed by atoms with van der Waals surface area (Å²) in [5.41, 5.74) is 2.80. The normalized spacial score (nSPS) is 11.6. The van der Waals surface area contributed by atoms with Gasteiger partial charge in [0.05, 0.1) is 25.3 Å². The van der Waals surface area contributed by atoms with Gasteiger partial charge in [-0.3, -0.25) is 0 Å². The largest absolute Gasteiger partial charge is 0.493 e. The molecule has 0 radical (unpaired) electrons. The zero-order chi connectivity index (χ0) is 17.4. The van der Waals surface area contributed by atoms with Crippen molar-refractivity contribution in [2.45, 2.75) is 19.5 Å². The molecule has 0 aliphatic heterocycles. The first-order chi connectivity index (χ1) is 11.7. The number of hydrogen-bond donors (Lipinski definition) is 2. The Hall–Kier alpha value is -2.55. The second kappa shape index (κ2) is 8.92. The Morgan fingerprint density at radius 3 is 2.75 bits per heavy atom. The van der Waals surface area contributed by atoms with Crippen LogP contribution in [-0.4, -0.2) is 25.4 Å². The van der Waals surface area contributed by atoms with E-state index in [1.165, 1.54) is 0 Å². The smallest absolute Gasteiger partial charge is 0.161 e. The number of rotatable bonds is 8. The number of nitrogens with one attached hydrogen (secondary N) is 1. The predicted molar refractivity (Wildman–Crippen MR) is 92.0 cm³/mol. The number of nitrogens with zero attached hydrogens (tertiary/aromatic N) is 1. The molecule has 0 aliphatic rings. The van der Waals surface area contributed by atoms with Crippen LogP contribution in [0, 0.1) is 11.3 Å². The maximum Gasteiger partial charge on any atom is 0.161 e. The Morgan fingerprint density at radius 1 is 1.21 bits per heavy atom. The standard InChI is InChI=1S/C19H22N2O3/c1-14(21-13-16-5-3-4-15(10-16)12-20)17-6-7-18(24-9-8-22)19(11-17)23-2/h3-7,10-11,14,21-22H,8-9,13H2,1-2H3. The Kier molecular flexibility index (Phi) is 6.62. The van der Waals surface area contributed by atoms with Crippen LogP contribution >= 0.6 is 0 Å². The van der Waals surface area contributed by atoms with Gasteiger partial charge in [0.2, 0.25) is 0 Å². The van der Waals surface area contributed by atoms with E-state index in [2.05, 4.69) is 18.3 Å². The van der Waals surface area contributed by atoms with Crippen LogP contribution in [0.2, 0.25) is 0 Å². The number of aliphatic hydroxyl groups is 1. The molecular formula is C19H22N2O3. The summed E-state index contributed by atoms with van der Waals surface area (Å²) in [7, 11) is 1.59. The number of benzene rings is 2. The van der Waals surface area contributed by atoms with E-state index in [4.69, 9.17) is 19.8 Å². The molecule has 2 aromatic carbocycles. The Balaban J connectivity index is 2.03. The van der Waals surface area contributed by atoms with Gasteiger partial charge < -0.3 is 19.9 Å². The monoisotopic (exact) mass is 326 g/mol. The van der Waals surface area contributed by atoms with Crippen LogP contribution in [-0.2, 0) is 6.54 Å². The minimum Gasteiger partial charge on any atom is -0.493 e. The van der Waals surface area contributed by atoms with Crippen molar-refractivity contribution in [2.75, 3.05) is 20.3 Å². The summed E-state index contributed by atoms with van der Waals surface area (Å²) in [5.74, 6) is 1.25. The van der Waals surface area contributed by atoms with Gasteiger partial charge in [-0.1, -0.05) is 18.2 Å². The molecule has 1 atom stereocenters. The molecule has 24 heavy (non-hydrogen) atoms. The lowest BCUT2D eigenvalue weighted by Gasteiger charge is -2.17. The highest BCUT2D eigenvalue weighted by atomic mass is 16.5. The maximum absolute atomic E-state index is 8.95. The van der Waals surface area contributed by atoms with Crippen molar-refractivity contribution in [3.63, 3.8) is 0 Å². The summed E-state index contributed by atoms with van der Waals surface area (Å²) in [6.07, 6.45) is 0. The Morgan fingerprint density at radius 2 is 2.04 bits per heavy atom. The second-order valence-corrected chi connectivity index (χ2v) is 5.40.